The molecule has 2 unspecified atom stereocenters. The zero-order chi connectivity index (χ0) is 21.9. The average Bonchev–Trinajstić information content (AvgIpc) is 3.19. The Kier molecular flexibility index (Phi) is 4.45. The smallest absolute Gasteiger partial charge is 0.423 e. The van der Waals surface area contributed by atoms with E-state index >= 15 is 0 Å². The number of hydrogen-bond donors (Lipinski definition) is 1. The third kappa shape index (κ3) is 2.88. The van der Waals surface area contributed by atoms with Crippen molar-refractivity contribution in [2.45, 2.75) is 32.2 Å². The third-order valence-corrected chi connectivity index (χ3v) is 5.73. The van der Waals surface area contributed by atoms with Crippen LogP contribution >= 0.6 is 0 Å². The van der Waals surface area contributed by atoms with Gasteiger partial charge in [-0.15, -0.1) is 0 Å². The highest BCUT2D eigenvalue weighted by atomic mass is 16.6. The van der Waals surface area contributed by atoms with Crippen LogP contribution in [0.3, 0.4) is 0 Å². The van der Waals surface area contributed by atoms with Crippen LogP contribution < -0.4 is 14.2 Å². The Morgan fingerprint density at radius 2 is 1.90 bits per heavy atom. The van der Waals surface area contributed by atoms with E-state index in [2.05, 4.69) is 4.98 Å². The summed E-state index contributed by atoms with van der Waals surface area (Å²) in [6.45, 7) is 1.80. The van der Waals surface area contributed by atoms with E-state index in [1.54, 1.807) is 18.5 Å². The monoisotopic (exact) mass is 424 g/mol. The molecule has 2 heterocycles. The Labute approximate surface area is 177 Å². The zero-order valence-electron chi connectivity index (χ0n) is 17.2. The summed E-state index contributed by atoms with van der Waals surface area (Å²) in [6.07, 6.45) is -1.06. The first-order valence-electron chi connectivity index (χ1n) is 9.78. The van der Waals surface area contributed by atoms with E-state index in [0.29, 0.717) is 28.8 Å². The second kappa shape index (κ2) is 7.07. The molecule has 31 heavy (non-hydrogen) atoms. The van der Waals surface area contributed by atoms with Crippen LogP contribution in [0, 0.1) is 6.92 Å². The molecule has 0 radical (unpaired) electrons. The van der Waals surface area contributed by atoms with Gasteiger partial charge in [0.25, 0.3) is 0 Å². The van der Waals surface area contributed by atoms with Crippen LogP contribution in [-0.4, -0.2) is 39.8 Å². The molecule has 0 amide bonds. The number of aromatic nitrogens is 2. The highest BCUT2D eigenvalue weighted by Crippen LogP contribution is 2.49. The number of hydrogen-bond acceptors (Lipinski definition) is 8. The number of imidazole rings is 1. The van der Waals surface area contributed by atoms with Crippen LogP contribution in [-0.2, 0) is 34.4 Å². The summed E-state index contributed by atoms with van der Waals surface area (Å²) in [5.74, 6) is -1.37. The SMILES string of the molecule is COCc1c2c(OC3c4ccccc4CC3O)c3nc(C)n(C)c3c1OC(=O)C(=O)O2. The Bertz CT molecular complexity index is 1250. The minimum atomic E-state index is -1.17. The summed E-state index contributed by atoms with van der Waals surface area (Å²) >= 11 is 0. The highest BCUT2D eigenvalue weighted by Gasteiger charge is 2.39. The van der Waals surface area contributed by atoms with Crippen LogP contribution in [0.2, 0.25) is 0 Å². The van der Waals surface area contributed by atoms with Gasteiger partial charge in [-0.3, -0.25) is 0 Å². The number of rotatable bonds is 4. The molecular formula is C22H20N2O7. The number of esters is 2. The normalized spacial score (nSPS) is 19.7. The summed E-state index contributed by atoms with van der Waals surface area (Å²) < 4.78 is 24.1. The quantitative estimate of drug-likeness (QED) is 0.384. The fourth-order valence-electron chi connectivity index (χ4n) is 4.20. The number of fused-ring (bicyclic) bond motifs is 5. The van der Waals surface area contributed by atoms with E-state index < -0.39 is 24.1 Å². The predicted molar refractivity (Wildman–Crippen MR) is 107 cm³/mol. The summed E-state index contributed by atoms with van der Waals surface area (Å²) in [6, 6.07) is 7.59. The summed E-state index contributed by atoms with van der Waals surface area (Å²) in [4.78, 5) is 29.0. The molecule has 0 saturated carbocycles. The van der Waals surface area contributed by atoms with Crippen LogP contribution in [0.5, 0.6) is 17.2 Å². The minimum absolute atomic E-state index is 0.00552. The van der Waals surface area contributed by atoms with Crippen molar-refractivity contribution in [3.63, 3.8) is 0 Å². The zero-order valence-corrected chi connectivity index (χ0v) is 17.2. The van der Waals surface area contributed by atoms with Crippen molar-refractivity contribution in [1.82, 2.24) is 9.55 Å². The van der Waals surface area contributed by atoms with E-state index in [1.807, 2.05) is 24.3 Å². The number of aliphatic hydroxyl groups excluding tert-OH is 1. The van der Waals surface area contributed by atoms with E-state index in [9.17, 15) is 14.7 Å². The van der Waals surface area contributed by atoms with Crippen molar-refractivity contribution in [1.29, 1.82) is 0 Å². The van der Waals surface area contributed by atoms with E-state index in [4.69, 9.17) is 18.9 Å². The number of aliphatic hydroxyl groups is 1. The summed E-state index contributed by atoms with van der Waals surface area (Å²) in [7, 11) is 3.24. The van der Waals surface area contributed by atoms with E-state index in [0.717, 1.165) is 11.1 Å². The van der Waals surface area contributed by atoms with Gasteiger partial charge in [0.2, 0.25) is 0 Å². The number of nitrogens with zero attached hydrogens (tertiary/aromatic N) is 2. The molecule has 160 valence electrons. The lowest BCUT2D eigenvalue weighted by Gasteiger charge is -2.22. The predicted octanol–water partition coefficient (Wildman–Crippen LogP) is 1.89. The van der Waals surface area contributed by atoms with Gasteiger partial charge in [0.05, 0.1) is 18.3 Å². The van der Waals surface area contributed by atoms with Gasteiger partial charge in [-0.1, -0.05) is 24.3 Å². The molecule has 9 nitrogen and oxygen atoms in total. The number of carbonyl (C=O) groups excluding carboxylic acids is 2. The van der Waals surface area contributed by atoms with Gasteiger partial charge in [-0.05, 0) is 18.1 Å². The molecule has 0 saturated heterocycles. The lowest BCUT2D eigenvalue weighted by atomic mass is 10.1. The van der Waals surface area contributed by atoms with Gasteiger partial charge < -0.3 is 28.6 Å². The standard InChI is InChI=1S/C22H20N2O7/c1-10-23-15-16(24(10)2)18-13(9-28-3)19(31-22(27)21(26)30-18)20(15)29-17-12-7-5-4-6-11(12)8-14(17)25/h4-7,14,17,25H,8-9H2,1-3H3. The Balaban J connectivity index is 1.77. The molecule has 1 aromatic heterocycles. The maximum absolute atomic E-state index is 12.2. The Morgan fingerprint density at radius 1 is 1.19 bits per heavy atom. The van der Waals surface area contributed by atoms with Crippen molar-refractivity contribution in [2.75, 3.05) is 7.11 Å². The molecular weight excluding hydrogens is 404 g/mol. The lowest BCUT2D eigenvalue weighted by molar-refractivity contribution is -0.155. The molecule has 2 aliphatic rings. The highest BCUT2D eigenvalue weighted by molar-refractivity contribution is 6.32. The van der Waals surface area contributed by atoms with Gasteiger partial charge in [-0.2, -0.15) is 0 Å². The molecule has 0 spiro atoms. The van der Waals surface area contributed by atoms with Gasteiger partial charge in [-0.25, -0.2) is 14.6 Å². The third-order valence-electron chi connectivity index (χ3n) is 5.73. The van der Waals surface area contributed by atoms with Crippen molar-refractivity contribution >= 4 is 23.0 Å². The topological polar surface area (TPSA) is 109 Å². The molecule has 3 aromatic rings. The second-order valence-corrected chi connectivity index (χ2v) is 7.60. The average molecular weight is 424 g/mol. The molecule has 9 heteroatoms. The second-order valence-electron chi connectivity index (χ2n) is 7.60. The molecule has 2 atom stereocenters. The van der Waals surface area contributed by atoms with Crippen molar-refractivity contribution in [2.24, 2.45) is 7.05 Å². The van der Waals surface area contributed by atoms with Crippen LogP contribution in [0.15, 0.2) is 24.3 Å². The van der Waals surface area contributed by atoms with Gasteiger partial charge in [0, 0.05) is 20.6 Å². The first-order chi connectivity index (χ1) is 14.9. The summed E-state index contributed by atoms with van der Waals surface area (Å²) in [5.41, 5.74) is 3.00. The summed E-state index contributed by atoms with van der Waals surface area (Å²) in [5, 5.41) is 10.7. The van der Waals surface area contributed by atoms with Gasteiger partial charge >= 0.3 is 11.9 Å². The van der Waals surface area contributed by atoms with E-state index in [-0.39, 0.29) is 23.9 Å². The van der Waals surface area contributed by atoms with Gasteiger partial charge in [0.15, 0.2) is 23.4 Å². The number of benzene rings is 2. The van der Waals surface area contributed by atoms with Gasteiger partial charge in [0.1, 0.15) is 16.9 Å². The Hall–Kier alpha value is -3.43. The number of ether oxygens (including phenoxy) is 4. The van der Waals surface area contributed by atoms with Crippen molar-refractivity contribution in [3.05, 3.63) is 46.8 Å². The molecule has 1 aliphatic carbocycles. The number of carbonyl (C=O) groups is 2. The lowest BCUT2D eigenvalue weighted by Crippen LogP contribution is -2.24. The number of aryl methyl sites for hydroxylation is 2. The maximum atomic E-state index is 12.2. The molecule has 1 N–H and O–H groups in total. The minimum Gasteiger partial charge on any atom is -0.477 e. The van der Waals surface area contributed by atoms with Crippen LogP contribution in [0.4, 0.5) is 0 Å². The molecule has 1 aliphatic heterocycles. The first kappa shape index (κ1) is 19.5. The van der Waals surface area contributed by atoms with Crippen molar-refractivity contribution in [3.8, 4) is 17.2 Å². The Morgan fingerprint density at radius 3 is 2.65 bits per heavy atom. The van der Waals surface area contributed by atoms with E-state index in [1.165, 1.54) is 7.11 Å². The molecule has 2 bridgehead atoms. The van der Waals surface area contributed by atoms with Crippen LogP contribution in [0.25, 0.3) is 11.0 Å². The largest absolute Gasteiger partial charge is 0.477 e. The maximum Gasteiger partial charge on any atom is 0.423 e. The number of methoxy groups -OCH3 is 1. The fourth-order valence-corrected chi connectivity index (χ4v) is 4.20. The molecule has 2 aromatic carbocycles. The molecule has 5 rings (SSSR count). The fraction of sp³-hybridized carbons (Fsp3) is 0.318. The van der Waals surface area contributed by atoms with Crippen molar-refractivity contribution < 1.29 is 33.6 Å². The van der Waals surface area contributed by atoms with Crippen LogP contribution in [0.1, 0.15) is 28.6 Å². The molecule has 0 fully saturated rings. The first-order valence-corrected chi connectivity index (χ1v) is 9.78.